The molecule has 3 aromatic rings. The zero-order valence-corrected chi connectivity index (χ0v) is 15.5. The number of rotatable bonds is 5. The summed E-state index contributed by atoms with van der Waals surface area (Å²) in [5.74, 6) is 0.663. The predicted octanol–water partition coefficient (Wildman–Crippen LogP) is 4.73. The minimum absolute atomic E-state index is 0.663. The molecule has 1 atom stereocenters. The summed E-state index contributed by atoms with van der Waals surface area (Å²) in [6, 6.07) is 18.5. The Morgan fingerprint density at radius 3 is 2.92 bits per heavy atom. The van der Waals surface area contributed by atoms with E-state index in [1.54, 1.807) is 0 Å². The van der Waals surface area contributed by atoms with Gasteiger partial charge in [-0.05, 0) is 66.6 Å². The molecule has 4 heteroatoms. The van der Waals surface area contributed by atoms with Gasteiger partial charge in [-0.25, -0.2) is 0 Å². The summed E-state index contributed by atoms with van der Waals surface area (Å²) < 4.78 is 2.31. The van der Waals surface area contributed by atoms with Gasteiger partial charge in [-0.3, -0.25) is 0 Å². The normalized spacial score (nSPS) is 17.6. The van der Waals surface area contributed by atoms with E-state index in [4.69, 9.17) is 16.9 Å². The highest BCUT2D eigenvalue weighted by atomic mass is 35.5. The van der Waals surface area contributed by atoms with Crippen molar-refractivity contribution < 1.29 is 0 Å². The Kier molecular flexibility index (Phi) is 4.97. The van der Waals surface area contributed by atoms with Gasteiger partial charge in [0.15, 0.2) is 0 Å². The first-order valence-electron chi connectivity index (χ1n) is 9.17. The van der Waals surface area contributed by atoms with Gasteiger partial charge in [-0.2, -0.15) is 5.26 Å². The van der Waals surface area contributed by atoms with Crippen molar-refractivity contribution in [3.8, 4) is 6.07 Å². The fourth-order valence-electron chi connectivity index (χ4n) is 3.94. The van der Waals surface area contributed by atoms with Crippen LogP contribution in [-0.4, -0.2) is 29.1 Å². The van der Waals surface area contributed by atoms with Crippen molar-refractivity contribution in [2.75, 3.05) is 19.6 Å². The van der Waals surface area contributed by atoms with Crippen LogP contribution in [0.2, 0.25) is 5.02 Å². The van der Waals surface area contributed by atoms with Gasteiger partial charge in [0.2, 0.25) is 0 Å². The third-order valence-corrected chi connectivity index (χ3v) is 5.57. The lowest BCUT2D eigenvalue weighted by molar-refractivity contribution is 0.321. The summed E-state index contributed by atoms with van der Waals surface area (Å²) >= 11 is 6.08. The standard InChI is InChI=1S/C22H22ClN3/c23-21-3-1-2-17(12-21)6-9-25-10-7-19(15-25)16-26-11-8-20-5-4-18(14-24)13-22(20)26/h1-5,8,11-13,19H,6-7,9-10,15-16H2. The Morgan fingerprint density at radius 2 is 2.08 bits per heavy atom. The molecule has 0 N–H and O–H groups in total. The third kappa shape index (κ3) is 3.77. The Morgan fingerprint density at radius 1 is 1.15 bits per heavy atom. The number of halogens is 1. The van der Waals surface area contributed by atoms with Gasteiger partial charge in [0, 0.05) is 36.4 Å². The quantitative estimate of drug-likeness (QED) is 0.656. The number of hydrogen-bond acceptors (Lipinski definition) is 2. The first-order valence-corrected chi connectivity index (χ1v) is 9.55. The van der Waals surface area contributed by atoms with Crippen LogP contribution in [0, 0.1) is 17.2 Å². The number of likely N-dealkylation sites (tertiary alicyclic amines) is 1. The van der Waals surface area contributed by atoms with Crippen molar-refractivity contribution in [2.45, 2.75) is 19.4 Å². The molecule has 1 saturated heterocycles. The van der Waals surface area contributed by atoms with Crippen molar-refractivity contribution >= 4 is 22.5 Å². The maximum absolute atomic E-state index is 9.14. The average Bonchev–Trinajstić information content (AvgIpc) is 3.27. The lowest BCUT2D eigenvalue weighted by Gasteiger charge is -2.17. The third-order valence-electron chi connectivity index (χ3n) is 5.33. The molecule has 1 aliphatic rings. The molecule has 0 spiro atoms. The smallest absolute Gasteiger partial charge is 0.0992 e. The fourth-order valence-corrected chi connectivity index (χ4v) is 4.15. The van der Waals surface area contributed by atoms with Crippen molar-refractivity contribution in [3.63, 3.8) is 0 Å². The van der Waals surface area contributed by atoms with Gasteiger partial charge in [0.05, 0.1) is 11.6 Å². The molecule has 1 fully saturated rings. The summed E-state index contributed by atoms with van der Waals surface area (Å²) in [5.41, 5.74) is 3.20. The highest BCUT2D eigenvalue weighted by Gasteiger charge is 2.22. The summed E-state index contributed by atoms with van der Waals surface area (Å²) in [5, 5.41) is 11.2. The molecule has 0 bridgehead atoms. The van der Waals surface area contributed by atoms with Crippen LogP contribution in [0.5, 0.6) is 0 Å². The van der Waals surface area contributed by atoms with E-state index < -0.39 is 0 Å². The maximum atomic E-state index is 9.14. The molecule has 0 radical (unpaired) electrons. The van der Waals surface area contributed by atoms with Gasteiger partial charge >= 0.3 is 0 Å². The molecular formula is C22H22ClN3. The molecule has 2 aromatic carbocycles. The van der Waals surface area contributed by atoms with Crippen LogP contribution >= 0.6 is 11.6 Å². The number of aromatic nitrogens is 1. The second-order valence-electron chi connectivity index (χ2n) is 7.19. The van der Waals surface area contributed by atoms with Gasteiger partial charge in [-0.1, -0.05) is 29.8 Å². The molecule has 26 heavy (non-hydrogen) atoms. The minimum Gasteiger partial charge on any atom is -0.347 e. The Hall–Kier alpha value is -2.28. The first kappa shape index (κ1) is 17.1. The van der Waals surface area contributed by atoms with Gasteiger partial charge in [0.1, 0.15) is 0 Å². The van der Waals surface area contributed by atoms with Crippen LogP contribution in [0.3, 0.4) is 0 Å². The second kappa shape index (κ2) is 7.53. The van der Waals surface area contributed by atoms with Crippen LogP contribution in [0.4, 0.5) is 0 Å². The Balaban J connectivity index is 1.36. The molecule has 1 aliphatic heterocycles. The number of nitrogens with zero attached hydrogens (tertiary/aromatic N) is 3. The zero-order chi connectivity index (χ0) is 17.9. The molecule has 1 unspecified atom stereocenters. The van der Waals surface area contributed by atoms with Crippen molar-refractivity contribution in [1.29, 1.82) is 5.26 Å². The summed E-state index contributed by atoms with van der Waals surface area (Å²) in [6.45, 7) is 4.40. The zero-order valence-electron chi connectivity index (χ0n) is 14.7. The number of benzene rings is 2. The van der Waals surface area contributed by atoms with Crippen LogP contribution in [0.15, 0.2) is 54.7 Å². The lowest BCUT2D eigenvalue weighted by atomic mass is 10.1. The summed E-state index contributed by atoms with van der Waals surface area (Å²) in [4.78, 5) is 2.55. The van der Waals surface area contributed by atoms with E-state index in [0.29, 0.717) is 5.92 Å². The Bertz CT molecular complexity index is 953. The lowest BCUT2D eigenvalue weighted by Crippen LogP contribution is -2.24. The van der Waals surface area contributed by atoms with Gasteiger partial charge < -0.3 is 9.47 Å². The second-order valence-corrected chi connectivity index (χ2v) is 7.63. The first-order chi connectivity index (χ1) is 12.7. The van der Waals surface area contributed by atoms with E-state index in [9.17, 15) is 0 Å². The van der Waals surface area contributed by atoms with Crippen molar-refractivity contribution in [2.24, 2.45) is 5.92 Å². The van der Waals surface area contributed by atoms with Crippen LogP contribution in [0.1, 0.15) is 17.5 Å². The van der Waals surface area contributed by atoms with E-state index >= 15 is 0 Å². The van der Waals surface area contributed by atoms with E-state index in [1.807, 2.05) is 30.3 Å². The van der Waals surface area contributed by atoms with E-state index in [0.717, 1.165) is 43.2 Å². The summed E-state index contributed by atoms with van der Waals surface area (Å²) in [7, 11) is 0. The molecular weight excluding hydrogens is 342 g/mol. The van der Waals surface area contributed by atoms with Crippen molar-refractivity contribution in [1.82, 2.24) is 9.47 Å². The topological polar surface area (TPSA) is 32.0 Å². The average molecular weight is 364 g/mol. The highest BCUT2D eigenvalue weighted by molar-refractivity contribution is 6.30. The van der Waals surface area contributed by atoms with Crippen LogP contribution in [-0.2, 0) is 13.0 Å². The van der Waals surface area contributed by atoms with Crippen LogP contribution < -0.4 is 0 Å². The highest BCUT2D eigenvalue weighted by Crippen LogP contribution is 2.23. The molecule has 0 saturated carbocycles. The van der Waals surface area contributed by atoms with E-state index in [2.05, 4.69) is 39.9 Å². The summed E-state index contributed by atoms with van der Waals surface area (Å²) in [6.07, 6.45) is 4.43. The largest absolute Gasteiger partial charge is 0.347 e. The van der Waals surface area contributed by atoms with E-state index in [-0.39, 0.29) is 0 Å². The van der Waals surface area contributed by atoms with Crippen molar-refractivity contribution in [3.05, 3.63) is 70.9 Å². The van der Waals surface area contributed by atoms with Crippen LogP contribution in [0.25, 0.3) is 10.9 Å². The molecule has 132 valence electrons. The number of nitriles is 1. The Labute approximate surface area is 159 Å². The van der Waals surface area contributed by atoms with Gasteiger partial charge in [-0.15, -0.1) is 0 Å². The molecule has 3 nitrogen and oxygen atoms in total. The van der Waals surface area contributed by atoms with E-state index in [1.165, 1.54) is 22.9 Å². The molecule has 0 aliphatic carbocycles. The van der Waals surface area contributed by atoms with Gasteiger partial charge in [0.25, 0.3) is 0 Å². The molecule has 0 amide bonds. The minimum atomic E-state index is 0.663. The number of fused-ring (bicyclic) bond motifs is 1. The molecule has 2 heterocycles. The maximum Gasteiger partial charge on any atom is 0.0992 e. The fraction of sp³-hybridized carbons (Fsp3) is 0.318. The SMILES string of the molecule is N#Cc1ccc2ccn(CC3CCN(CCc4cccc(Cl)c4)C3)c2c1. The molecule has 4 rings (SSSR count). The monoisotopic (exact) mass is 363 g/mol. The number of hydrogen-bond donors (Lipinski definition) is 0. The predicted molar refractivity (Wildman–Crippen MR) is 106 cm³/mol. The molecule has 1 aromatic heterocycles.